The van der Waals surface area contributed by atoms with Crippen LogP contribution in [0.5, 0.6) is 0 Å². The van der Waals surface area contributed by atoms with Crippen LogP contribution < -0.4 is 4.72 Å². The molecule has 3 aromatic rings. The monoisotopic (exact) mass is 454 g/mol. The molecule has 0 unspecified atom stereocenters. The highest BCUT2D eigenvalue weighted by molar-refractivity contribution is 7.94. The van der Waals surface area contributed by atoms with Crippen molar-refractivity contribution in [2.75, 3.05) is 11.3 Å². The summed E-state index contributed by atoms with van der Waals surface area (Å²) in [5, 5.41) is 1.74. The molecular weight excluding hydrogens is 436 g/mol. The van der Waals surface area contributed by atoms with Gasteiger partial charge in [-0.1, -0.05) is 12.1 Å². The number of thiophene rings is 2. The van der Waals surface area contributed by atoms with Crippen LogP contribution in [-0.2, 0) is 33.0 Å². The first-order chi connectivity index (χ1) is 13.3. The third kappa shape index (κ3) is 3.74. The molecule has 1 aromatic carbocycles. The molecule has 0 saturated heterocycles. The van der Waals surface area contributed by atoms with E-state index in [2.05, 4.69) is 4.72 Å². The van der Waals surface area contributed by atoms with E-state index in [1.807, 2.05) is 13.0 Å². The van der Waals surface area contributed by atoms with E-state index in [1.54, 1.807) is 41.8 Å². The van der Waals surface area contributed by atoms with Crippen LogP contribution >= 0.6 is 22.7 Å². The van der Waals surface area contributed by atoms with Gasteiger partial charge in [-0.2, -0.15) is 4.31 Å². The molecule has 3 heterocycles. The average molecular weight is 455 g/mol. The minimum Gasteiger partial charge on any atom is -0.279 e. The van der Waals surface area contributed by atoms with Crippen LogP contribution in [0.25, 0.3) is 0 Å². The number of nitrogens with one attached hydrogen (secondary N) is 1. The first kappa shape index (κ1) is 19.6. The molecule has 0 atom stereocenters. The Balaban J connectivity index is 1.59. The molecular formula is C18H18N2O4S4. The second kappa shape index (κ2) is 7.27. The number of nitrogens with zero attached hydrogens (tertiary/aromatic N) is 1. The van der Waals surface area contributed by atoms with Crippen molar-refractivity contribution in [2.24, 2.45) is 0 Å². The highest BCUT2D eigenvalue weighted by Gasteiger charge is 2.29. The van der Waals surface area contributed by atoms with Gasteiger partial charge in [0, 0.05) is 23.7 Å². The zero-order valence-corrected chi connectivity index (χ0v) is 18.2. The molecule has 1 aliphatic heterocycles. The third-order valence-electron chi connectivity index (χ3n) is 4.51. The first-order valence-corrected chi connectivity index (χ1v) is 13.1. The molecule has 1 aliphatic rings. The largest absolute Gasteiger partial charge is 0.279 e. The van der Waals surface area contributed by atoms with E-state index in [0.29, 0.717) is 22.9 Å². The lowest BCUT2D eigenvalue weighted by molar-refractivity contribution is 0.392. The highest BCUT2D eigenvalue weighted by atomic mass is 32.3. The number of hydrogen-bond donors (Lipinski definition) is 1. The fourth-order valence-corrected chi connectivity index (χ4v) is 8.00. The second-order valence-corrected chi connectivity index (χ2v) is 12.8. The van der Waals surface area contributed by atoms with E-state index >= 15 is 0 Å². The molecule has 6 nitrogen and oxygen atoms in total. The van der Waals surface area contributed by atoms with Crippen LogP contribution in [0.4, 0.5) is 5.69 Å². The van der Waals surface area contributed by atoms with Crippen molar-refractivity contribution in [3.8, 4) is 0 Å². The van der Waals surface area contributed by atoms with E-state index in [9.17, 15) is 16.8 Å². The Bertz CT molecular complexity index is 1210. The van der Waals surface area contributed by atoms with Gasteiger partial charge in [0.15, 0.2) is 0 Å². The van der Waals surface area contributed by atoms with Gasteiger partial charge < -0.3 is 0 Å². The smallest absolute Gasteiger partial charge is 0.271 e. The maximum Gasteiger partial charge on any atom is 0.271 e. The van der Waals surface area contributed by atoms with Crippen molar-refractivity contribution in [3.63, 3.8) is 0 Å². The topological polar surface area (TPSA) is 83.6 Å². The Labute approximate surface area is 172 Å². The van der Waals surface area contributed by atoms with Gasteiger partial charge in [-0.3, -0.25) is 4.72 Å². The molecule has 0 bridgehead atoms. The average Bonchev–Trinajstić information content (AvgIpc) is 3.33. The predicted octanol–water partition coefficient (Wildman–Crippen LogP) is 3.67. The Hall–Kier alpha value is -1.72. The third-order valence-corrected chi connectivity index (χ3v) is 10.6. The van der Waals surface area contributed by atoms with E-state index in [1.165, 1.54) is 27.0 Å². The van der Waals surface area contributed by atoms with E-state index < -0.39 is 20.0 Å². The summed E-state index contributed by atoms with van der Waals surface area (Å²) in [6.45, 7) is 2.49. The van der Waals surface area contributed by atoms with Crippen LogP contribution in [0.3, 0.4) is 0 Å². The summed E-state index contributed by atoms with van der Waals surface area (Å²) in [6.07, 6.45) is 0.594. The van der Waals surface area contributed by atoms with Crippen molar-refractivity contribution < 1.29 is 16.8 Å². The van der Waals surface area contributed by atoms with Gasteiger partial charge >= 0.3 is 0 Å². The maximum absolute atomic E-state index is 12.8. The molecule has 28 heavy (non-hydrogen) atoms. The Morgan fingerprint density at radius 1 is 1.00 bits per heavy atom. The molecule has 0 spiro atoms. The molecule has 10 heteroatoms. The van der Waals surface area contributed by atoms with Gasteiger partial charge in [0.2, 0.25) is 0 Å². The fraction of sp³-hybridized carbons (Fsp3) is 0.222. The maximum atomic E-state index is 12.8. The van der Waals surface area contributed by atoms with Gasteiger partial charge in [-0.15, -0.1) is 22.7 Å². The van der Waals surface area contributed by atoms with E-state index in [-0.39, 0.29) is 10.8 Å². The van der Waals surface area contributed by atoms with E-state index in [0.717, 1.165) is 16.0 Å². The summed E-state index contributed by atoms with van der Waals surface area (Å²) in [4.78, 5) is 0.917. The van der Waals surface area contributed by atoms with Gasteiger partial charge in [0.05, 0.1) is 0 Å². The van der Waals surface area contributed by atoms with Crippen molar-refractivity contribution in [3.05, 3.63) is 63.8 Å². The van der Waals surface area contributed by atoms with Gasteiger partial charge in [-0.05, 0) is 60.2 Å². The molecule has 148 valence electrons. The number of benzene rings is 1. The number of fused-ring (bicyclic) bond motifs is 1. The van der Waals surface area contributed by atoms with Crippen molar-refractivity contribution in [2.45, 2.75) is 28.3 Å². The van der Waals surface area contributed by atoms with E-state index in [4.69, 9.17) is 0 Å². The van der Waals surface area contributed by atoms with Gasteiger partial charge in [0.1, 0.15) is 8.42 Å². The molecule has 0 radical (unpaired) electrons. The standard InChI is InChI=1S/C18H18N2O4S4/c1-13-4-7-18(26-13)27(21,22)19-16-6-5-14-8-9-20(12-15(14)11-16)28(23,24)17-3-2-10-25-17/h2-7,10-11,19H,8-9,12H2,1H3. The van der Waals surface area contributed by atoms with Gasteiger partial charge in [0.25, 0.3) is 20.0 Å². The summed E-state index contributed by atoms with van der Waals surface area (Å²) >= 11 is 2.40. The first-order valence-electron chi connectivity index (χ1n) is 8.50. The SMILES string of the molecule is Cc1ccc(S(=O)(=O)Nc2ccc3c(c2)CN(S(=O)(=O)c2cccs2)CC3)s1. The minimum atomic E-state index is -3.66. The van der Waals surface area contributed by atoms with Gasteiger partial charge in [-0.25, -0.2) is 16.8 Å². The van der Waals surface area contributed by atoms with Crippen LogP contribution in [0.1, 0.15) is 16.0 Å². The molecule has 1 N–H and O–H groups in total. The van der Waals surface area contributed by atoms with Crippen molar-refractivity contribution in [1.82, 2.24) is 4.31 Å². The lowest BCUT2D eigenvalue weighted by Gasteiger charge is -2.28. The summed E-state index contributed by atoms with van der Waals surface area (Å²) < 4.78 is 55.3. The molecule has 4 rings (SSSR count). The summed E-state index contributed by atoms with van der Waals surface area (Å²) in [7, 11) is -7.19. The van der Waals surface area contributed by atoms with Crippen molar-refractivity contribution >= 4 is 48.4 Å². The predicted molar refractivity (Wildman–Crippen MR) is 112 cm³/mol. The van der Waals surface area contributed by atoms with Crippen LogP contribution in [0.15, 0.2) is 56.3 Å². The highest BCUT2D eigenvalue weighted by Crippen LogP contribution is 2.30. The lowest BCUT2D eigenvalue weighted by atomic mass is 10.0. The Morgan fingerprint density at radius 3 is 2.50 bits per heavy atom. The quantitative estimate of drug-likeness (QED) is 0.638. The Morgan fingerprint density at radius 2 is 1.82 bits per heavy atom. The lowest BCUT2D eigenvalue weighted by Crippen LogP contribution is -2.35. The van der Waals surface area contributed by atoms with Crippen LogP contribution in [0, 0.1) is 6.92 Å². The molecule has 0 fully saturated rings. The minimum absolute atomic E-state index is 0.225. The number of sulfonamides is 2. The van der Waals surface area contributed by atoms with Crippen LogP contribution in [-0.4, -0.2) is 27.7 Å². The molecule has 0 amide bonds. The number of aryl methyl sites for hydroxylation is 1. The van der Waals surface area contributed by atoms with Crippen molar-refractivity contribution in [1.29, 1.82) is 0 Å². The second-order valence-electron chi connectivity index (χ2n) is 6.47. The summed E-state index contributed by atoms with van der Waals surface area (Å²) in [6, 6.07) is 12.0. The number of anilines is 1. The zero-order valence-electron chi connectivity index (χ0n) is 15.0. The van der Waals surface area contributed by atoms with Crippen LogP contribution in [0.2, 0.25) is 0 Å². The summed E-state index contributed by atoms with van der Waals surface area (Å²) in [5.41, 5.74) is 2.28. The molecule has 0 aliphatic carbocycles. The summed E-state index contributed by atoms with van der Waals surface area (Å²) in [5.74, 6) is 0. The zero-order chi connectivity index (χ0) is 19.9. The molecule has 2 aromatic heterocycles. The number of rotatable bonds is 5. The normalized spacial score (nSPS) is 15.3. The fourth-order valence-electron chi connectivity index (χ4n) is 3.10. The Kier molecular flexibility index (Phi) is 5.09. The molecule has 0 saturated carbocycles. The number of hydrogen-bond acceptors (Lipinski definition) is 6.